The van der Waals surface area contributed by atoms with Crippen LogP contribution in [-0.4, -0.2) is 23.5 Å². The molecular formula is C17H22F3NO3. The first kappa shape index (κ1) is 20.0. The number of carbonyl (C=O) groups excluding carboxylic acids is 1. The molecule has 1 rings (SSSR count). The van der Waals surface area contributed by atoms with Crippen LogP contribution in [0.25, 0.3) is 0 Å². The molecule has 4 nitrogen and oxygen atoms in total. The monoisotopic (exact) mass is 345 g/mol. The van der Waals surface area contributed by atoms with E-state index in [-0.39, 0.29) is 24.7 Å². The Morgan fingerprint density at radius 2 is 1.75 bits per heavy atom. The maximum absolute atomic E-state index is 12.5. The molecule has 24 heavy (non-hydrogen) atoms. The van der Waals surface area contributed by atoms with Crippen LogP contribution in [0.4, 0.5) is 13.2 Å². The van der Waals surface area contributed by atoms with Crippen molar-refractivity contribution in [3.63, 3.8) is 0 Å². The van der Waals surface area contributed by atoms with Gasteiger partial charge in [0.05, 0.1) is 5.56 Å². The van der Waals surface area contributed by atoms with E-state index < -0.39 is 17.7 Å². The molecule has 0 aromatic heterocycles. The number of halogens is 3. The number of benzene rings is 1. The highest BCUT2D eigenvalue weighted by Crippen LogP contribution is 2.30. The summed E-state index contributed by atoms with van der Waals surface area (Å²) in [5.74, 6) is -1.18. The number of unbranched alkanes of at least 4 members (excludes halogenated alkanes) is 2. The smallest absolute Gasteiger partial charge is 0.416 e. The summed E-state index contributed by atoms with van der Waals surface area (Å²) in [5.41, 5.74) is -0.0242. The second-order valence-corrected chi connectivity index (χ2v) is 5.78. The van der Waals surface area contributed by atoms with Crippen molar-refractivity contribution in [3.05, 3.63) is 35.4 Å². The minimum absolute atomic E-state index is 0.124. The molecule has 0 heterocycles. The number of rotatable bonds is 9. The van der Waals surface area contributed by atoms with Gasteiger partial charge in [0.1, 0.15) is 0 Å². The van der Waals surface area contributed by atoms with E-state index in [0.29, 0.717) is 24.9 Å². The number of hydrogen-bond donors (Lipinski definition) is 2. The van der Waals surface area contributed by atoms with Gasteiger partial charge >= 0.3 is 12.1 Å². The molecule has 0 spiro atoms. The summed E-state index contributed by atoms with van der Waals surface area (Å²) in [6.07, 6.45) is -2.04. The number of carboxylic acid groups (broad SMARTS) is 1. The third kappa shape index (κ3) is 7.48. The van der Waals surface area contributed by atoms with Gasteiger partial charge in [-0.1, -0.05) is 25.5 Å². The molecule has 0 fully saturated rings. The fourth-order valence-corrected chi connectivity index (χ4v) is 2.27. The zero-order valence-corrected chi connectivity index (χ0v) is 13.5. The molecule has 0 bridgehead atoms. The van der Waals surface area contributed by atoms with Crippen molar-refractivity contribution in [1.29, 1.82) is 0 Å². The van der Waals surface area contributed by atoms with Crippen LogP contribution in [0, 0.1) is 0 Å². The summed E-state index contributed by atoms with van der Waals surface area (Å²) in [6, 6.07) is 4.83. The van der Waals surface area contributed by atoms with E-state index in [1.54, 1.807) is 6.92 Å². The van der Waals surface area contributed by atoms with Gasteiger partial charge < -0.3 is 10.4 Å². The van der Waals surface area contributed by atoms with Crippen molar-refractivity contribution in [2.24, 2.45) is 0 Å². The Morgan fingerprint density at radius 1 is 1.12 bits per heavy atom. The van der Waals surface area contributed by atoms with Gasteiger partial charge in [-0.25, -0.2) is 0 Å². The molecule has 0 aliphatic rings. The fraction of sp³-hybridized carbons (Fsp3) is 0.529. The third-order valence-corrected chi connectivity index (χ3v) is 3.69. The van der Waals surface area contributed by atoms with Crippen LogP contribution in [0.3, 0.4) is 0 Å². The largest absolute Gasteiger partial charge is 0.481 e. The summed E-state index contributed by atoms with van der Waals surface area (Å²) in [6.45, 7) is 2.26. The van der Waals surface area contributed by atoms with Crippen molar-refractivity contribution in [2.45, 2.75) is 51.1 Å². The Labute approximate surface area is 139 Å². The van der Waals surface area contributed by atoms with Crippen LogP contribution in [0.2, 0.25) is 0 Å². The highest BCUT2D eigenvalue weighted by Gasteiger charge is 2.30. The van der Waals surface area contributed by atoms with E-state index in [2.05, 4.69) is 5.32 Å². The zero-order valence-electron chi connectivity index (χ0n) is 13.5. The third-order valence-electron chi connectivity index (χ3n) is 3.69. The number of amides is 1. The molecule has 1 amide bonds. The van der Waals surface area contributed by atoms with Gasteiger partial charge in [0, 0.05) is 19.4 Å². The highest BCUT2D eigenvalue weighted by atomic mass is 19.4. The van der Waals surface area contributed by atoms with Crippen molar-refractivity contribution < 1.29 is 27.9 Å². The standard InChI is InChI=1S/C17H22F3NO3/c1-12(13-6-8-14(9-7-13)17(18,19)20)11-15(22)21-10-4-2-3-5-16(23)24/h6-9,12H,2-5,10-11H2,1H3,(H,21,22)(H,23,24). The van der Waals surface area contributed by atoms with Gasteiger partial charge in [-0.3, -0.25) is 9.59 Å². The predicted octanol–water partition coefficient (Wildman–Crippen LogP) is 3.96. The molecule has 0 aliphatic carbocycles. The number of hydrogen-bond acceptors (Lipinski definition) is 2. The first-order valence-electron chi connectivity index (χ1n) is 7.86. The SMILES string of the molecule is CC(CC(=O)NCCCCCC(=O)O)c1ccc(C(F)(F)F)cc1. The molecule has 134 valence electrons. The van der Waals surface area contributed by atoms with E-state index in [1.807, 2.05) is 0 Å². The maximum atomic E-state index is 12.5. The summed E-state index contributed by atoms with van der Waals surface area (Å²) < 4.78 is 37.5. The molecule has 0 aliphatic heterocycles. The summed E-state index contributed by atoms with van der Waals surface area (Å²) in [5, 5.41) is 11.2. The lowest BCUT2D eigenvalue weighted by Crippen LogP contribution is -2.25. The summed E-state index contributed by atoms with van der Waals surface area (Å²) in [7, 11) is 0. The van der Waals surface area contributed by atoms with Gasteiger partial charge in [0.25, 0.3) is 0 Å². The summed E-state index contributed by atoms with van der Waals surface area (Å²) >= 11 is 0. The topological polar surface area (TPSA) is 66.4 Å². The average Bonchev–Trinajstić information content (AvgIpc) is 2.49. The van der Waals surface area contributed by atoms with Gasteiger partial charge in [-0.2, -0.15) is 13.2 Å². The van der Waals surface area contributed by atoms with Crippen molar-refractivity contribution in [1.82, 2.24) is 5.32 Å². The van der Waals surface area contributed by atoms with E-state index in [1.165, 1.54) is 12.1 Å². The zero-order chi connectivity index (χ0) is 18.2. The lowest BCUT2D eigenvalue weighted by atomic mass is 9.96. The second kappa shape index (κ2) is 9.30. The maximum Gasteiger partial charge on any atom is 0.416 e. The fourth-order valence-electron chi connectivity index (χ4n) is 2.27. The number of aliphatic carboxylic acids is 1. The minimum Gasteiger partial charge on any atom is -0.481 e. The number of carboxylic acids is 1. The van der Waals surface area contributed by atoms with Crippen molar-refractivity contribution in [3.8, 4) is 0 Å². The van der Waals surface area contributed by atoms with Crippen LogP contribution in [0.15, 0.2) is 24.3 Å². The molecular weight excluding hydrogens is 323 g/mol. The molecule has 1 aromatic carbocycles. The average molecular weight is 345 g/mol. The lowest BCUT2D eigenvalue weighted by molar-refractivity contribution is -0.138. The van der Waals surface area contributed by atoms with E-state index in [9.17, 15) is 22.8 Å². The lowest BCUT2D eigenvalue weighted by Gasteiger charge is -2.13. The van der Waals surface area contributed by atoms with Crippen LogP contribution >= 0.6 is 0 Å². The predicted molar refractivity (Wildman–Crippen MR) is 83.6 cm³/mol. The molecule has 1 unspecified atom stereocenters. The van der Waals surface area contributed by atoms with Crippen LogP contribution in [0.5, 0.6) is 0 Å². The molecule has 0 radical (unpaired) electrons. The minimum atomic E-state index is -4.36. The Kier molecular flexibility index (Phi) is 7.74. The Hall–Kier alpha value is -2.05. The second-order valence-electron chi connectivity index (χ2n) is 5.78. The van der Waals surface area contributed by atoms with Crippen LogP contribution in [-0.2, 0) is 15.8 Å². The van der Waals surface area contributed by atoms with Gasteiger partial charge in [-0.05, 0) is 36.5 Å². The molecule has 0 saturated heterocycles. The number of alkyl halides is 3. The first-order chi connectivity index (χ1) is 11.2. The van der Waals surface area contributed by atoms with Crippen LogP contribution < -0.4 is 5.32 Å². The summed E-state index contributed by atoms with van der Waals surface area (Å²) in [4.78, 5) is 22.1. The molecule has 1 atom stereocenters. The van der Waals surface area contributed by atoms with E-state index in [0.717, 1.165) is 18.6 Å². The van der Waals surface area contributed by atoms with Gasteiger partial charge in [0.2, 0.25) is 5.91 Å². The van der Waals surface area contributed by atoms with Crippen molar-refractivity contribution in [2.75, 3.05) is 6.54 Å². The Bertz CT molecular complexity index is 541. The molecule has 7 heteroatoms. The highest BCUT2D eigenvalue weighted by molar-refractivity contribution is 5.76. The van der Waals surface area contributed by atoms with Crippen molar-refractivity contribution >= 4 is 11.9 Å². The molecule has 1 aromatic rings. The quantitative estimate of drug-likeness (QED) is 0.666. The Balaban J connectivity index is 2.32. The molecule has 0 saturated carbocycles. The number of nitrogens with one attached hydrogen (secondary N) is 1. The van der Waals surface area contributed by atoms with Gasteiger partial charge in [0.15, 0.2) is 0 Å². The first-order valence-corrected chi connectivity index (χ1v) is 7.86. The van der Waals surface area contributed by atoms with E-state index >= 15 is 0 Å². The Morgan fingerprint density at radius 3 is 2.29 bits per heavy atom. The van der Waals surface area contributed by atoms with Gasteiger partial charge in [-0.15, -0.1) is 0 Å². The molecule has 2 N–H and O–H groups in total. The van der Waals surface area contributed by atoms with E-state index in [4.69, 9.17) is 5.11 Å². The van der Waals surface area contributed by atoms with Crippen LogP contribution in [0.1, 0.15) is 56.1 Å². The normalized spacial score (nSPS) is 12.7. The number of carbonyl (C=O) groups is 2.